The first kappa shape index (κ1) is 22.1. The van der Waals surface area contributed by atoms with Crippen molar-refractivity contribution in [2.75, 3.05) is 50.7 Å². The summed E-state index contributed by atoms with van der Waals surface area (Å²) in [5, 5.41) is 6.67. The number of amides is 1. The van der Waals surface area contributed by atoms with Crippen LogP contribution in [0.5, 0.6) is 0 Å². The molecule has 3 rings (SSSR count). The maximum absolute atomic E-state index is 12.6. The number of hydrogen-bond acceptors (Lipinski definition) is 5. The van der Waals surface area contributed by atoms with Crippen molar-refractivity contribution in [3.8, 4) is 0 Å². The number of piperazine rings is 1. The average molecular weight is 414 g/mol. The number of nitrogens with zero attached hydrogens (tertiary/aromatic N) is 5. The molecule has 0 radical (unpaired) electrons. The van der Waals surface area contributed by atoms with Gasteiger partial charge in [-0.25, -0.2) is 9.97 Å². The molecular formula is C22H35N7O. The van der Waals surface area contributed by atoms with E-state index in [-0.39, 0.29) is 5.91 Å². The number of allylic oxidation sites excluding steroid dienone is 1. The Balaban J connectivity index is 1.37. The fourth-order valence-corrected chi connectivity index (χ4v) is 3.85. The molecule has 0 unspecified atom stereocenters. The van der Waals surface area contributed by atoms with Gasteiger partial charge in [-0.3, -0.25) is 9.79 Å². The number of carbonyl (C=O) groups is 1. The zero-order valence-electron chi connectivity index (χ0n) is 18.1. The molecule has 2 heterocycles. The second-order valence-corrected chi connectivity index (χ2v) is 7.71. The van der Waals surface area contributed by atoms with Crippen LogP contribution in [0.2, 0.25) is 0 Å². The van der Waals surface area contributed by atoms with E-state index < -0.39 is 0 Å². The second kappa shape index (κ2) is 12.1. The van der Waals surface area contributed by atoms with E-state index in [1.807, 2.05) is 11.0 Å². The Kier molecular flexibility index (Phi) is 8.93. The van der Waals surface area contributed by atoms with Gasteiger partial charge in [0.25, 0.3) is 0 Å². The lowest BCUT2D eigenvalue weighted by atomic mass is 9.97. The van der Waals surface area contributed by atoms with Gasteiger partial charge in [0.1, 0.15) is 0 Å². The zero-order valence-corrected chi connectivity index (χ0v) is 18.1. The Morgan fingerprint density at radius 1 is 1.13 bits per heavy atom. The molecule has 0 saturated carbocycles. The number of aliphatic imine (C=N–C) groups is 1. The summed E-state index contributed by atoms with van der Waals surface area (Å²) in [4.78, 5) is 29.8. The predicted molar refractivity (Wildman–Crippen MR) is 121 cm³/mol. The largest absolute Gasteiger partial charge is 0.357 e. The van der Waals surface area contributed by atoms with E-state index in [0.29, 0.717) is 26.1 Å². The van der Waals surface area contributed by atoms with E-state index in [0.717, 1.165) is 44.5 Å². The molecule has 1 aromatic rings. The fraction of sp³-hybridized carbons (Fsp3) is 0.636. The third-order valence-corrected chi connectivity index (χ3v) is 5.53. The first-order chi connectivity index (χ1) is 14.8. The fourth-order valence-electron chi connectivity index (χ4n) is 3.85. The van der Waals surface area contributed by atoms with E-state index in [9.17, 15) is 4.79 Å². The van der Waals surface area contributed by atoms with Crippen LogP contribution in [-0.4, -0.2) is 72.5 Å². The maximum Gasteiger partial charge on any atom is 0.225 e. The second-order valence-electron chi connectivity index (χ2n) is 7.71. The molecule has 8 nitrogen and oxygen atoms in total. The molecule has 1 aliphatic carbocycles. The lowest BCUT2D eigenvalue weighted by Gasteiger charge is -2.34. The molecule has 1 amide bonds. The maximum atomic E-state index is 12.6. The summed E-state index contributed by atoms with van der Waals surface area (Å²) in [6.45, 7) is 7.18. The molecule has 0 bridgehead atoms. The van der Waals surface area contributed by atoms with Gasteiger partial charge in [0.2, 0.25) is 11.9 Å². The molecule has 8 heteroatoms. The van der Waals surface area contributed by atoms with Gasteiger partial charge in [-0.15, -0.1) is 0 Å². The molecule has 0 atom stereocenters. The van der Waals surface area contributed by atoms with Crippen molar-refractivity contribution in [3.05, 3.63) is 30.1 Å². The van der Waals surface area contributed by atoms with E-state index in [2.05, 4.69) is 43.5 Å². The van der Waals surface area contributed by atoms with Gasteiger partial charge in [0.05, 0.1) is 6.54 Å². The summed E-state index contributed by atoms with van der Waals surface area (Å²) in [5.74, 6) is 1.70. The van der Waals surface area contributed by atoms with Crippen molar-refractivity contribution in [1.29, 1.82) is 0 Å². The number of nitrogens with one attached hydrogen (secondary N) is 2. The smallest absolute Gasteiger partial charge is 0.225 e. The molecule has 1 aliphatic heterocycles. The quantitative estimate of drug-likeness (QED) is 0.385. The minimum absolute atomic E-state index is 0.163. The van der Waals surface area contributed by atoms with Crippen LogP contribution >= 0.6 is 0 Å². The van der Waals surface area contributed by atoms with E-state index in [1.54, 1.807) is 18.0 Å². The van der Waals surface area contributed by atoms with Crippen LogP contribution < -0.4 is 15.5 Å². The van der Waals surface area contributed by atoms with Crippen LogP contribution in [0, 0.1) is 0 Å². The molecule has 0 spiro atoms. The molecule has 0 aromatic carbocycles. The van der Waals surface area contributed by atoms with Crippen LogP contribution in [-0.2, 0) is 4.79 Å². The third-order valence-electron chi connectivity index (χ3n) is 5.53. The van der Waals surface area contributed by atoms with Crippen molar-refractivity contribution in [2.24, 2.45) is 4.99 Å². The number of guanidine groups is 1. The predicted octanol–water partition coefficient (Wildman–Crippen LogP) is 1.96. The number of rotatable bonds is 8. The van der Waals surface area contributed by atoms with Gasteiger partial charge >= 0.3 is 0 Å². The Morgan fingerprint density at radius 3 is 2.63 bits per heavy atom. The summed E-state index contributed by atoms with van der Waals surface area (Å²) >= 11 is 0. The molecule has 1 aromatic heterocycles. The molecule has 2 N–H and O–H groups in total. The Labute approximate surface area is 179 Å². The molecule has 1 fully saturated rings. The first-order valence-corrected chi connectivity index (χ1v) is 11.3. The monoisotopic (exact) mass is 413 g/mol. The highest BCUT2D eigenvalue weighted by atomic mass is 16.2. The van der Waals surface area contributed by atoms with Crippen molar-refractivity contribution in [3.63, 3.8) is 0 Å². The highest BCUT2D eigenvalue weighted by Crippen LogP contribution is 2.19. The number of carbonyl (C=O) groups excluding carboxylic acids is 1. The van der Waals surface area contributed by atoms with E-state index in [1.165, 1.54) is 25.7 Å². The van der Waals surface area contributed by atoms with E-state index >= 15 is 0 Å². The summed E-state index contributed by atoms with van der Waals surface area (Å²) in [7, 11) is 0. The Morgan fingerprint density at radius 2 is 1.93 bits per heavy atom. The Bertz CT molecular complexity index is 711. The molecule has 2 aliphatic rings. The summed E-state index contributed by atoms with van der Waals surface area (Å²) < 4.78 is 0. The molecule has 164 valence electrons. The minimum Gasteiger partial charge on any atom is -0.357 e. The lowest BCUT2D eigenvalue weighted by molar-refractivity contribution is -0.131. The van der Waals surface area contributed by atoms with E-state index in [4.69, 9.17) is 0 Å². The SMILES string of the molecule is CCNC(=NCCC(=O)N1CCN(c2ncccn2)CC1)NCCC1=CCCCC1. The van der Waals surface area contributed by atoms with Gasteiger partial charge in [-0.2, -0.15) is 0 Å². The average Bonchev–Trinajstić information content (AvgIpc) is 2.80. The van der Waals surface area contributed by atoms with Crippen molar-refractivity contribution >= 4 is 17.8 Å². The van der Waals surface area contributed by atoms with Gasteiger partial charge in [0.15, 0.2) is 5.96 Å². The van der Waals surface area contributed by atoms with Crippen molar-refractivity contribution in [1.82, 2.24) is 25.5 Å². The number of aromatic nitrogens is 2. The molecule has 30 heavy (non-hydrogen) atoms. The van der Waals surface area contributed by atoms with Gasteiger partial charge < -0.3 is 20.4 Å². The highest BCUT2D eigenvalue weighted by Gasteiger charge is 2.22. The van der Waals surface area contributed by atoms with Crippen molar-refractivity contribution in [2.45, 2.75) is 45.4 Å². The topological polar surface area (TPSA) is 85.8 Å². The summed E-state index contributed by atoms with van der Waals surface area (Å²) in [6.07, 6.45) is 12.5. The number of anilines is 1. The van der Waals surface area contributed by atoms with Crippen LogP contribution in [0.15, 0.2) is 35.1 Å². The van der Waals surface area contributed by atoms with Crippen LogP contribution in [0.25, 0.3) is 0 Å². The molecule has 1 saturated heterocycles. The van der Waals surface area contributed by atoms with Crippen molar-refractivity contribution < 1.29 is 4.79 Å². The lowest BCUT2D eigenvalue weighted by Crippen LogP contribution is -2.49. The Hall–Kier alpha value is -2.64. The van der Waals surface area contributed by atoms with Crippen LogP contribution in [0.3, 0.4) is 0 Å². The molecular weight excluding hydrogens is 378 g/mol. The summed E-state index contributed by atoms with van der Waals surface area (Å²) in [6, 6.07) is 1.81. The third kappa shape index (κ3) is 7.00. The normalized spacial score (nSPS) is 17.5. The summed E-state index contributed by atoms with van der Waals surface area (Å²) in [5.41, 5.74) is 1.56. The van der Waals surface area contributed by atoms with Gasteiger partial charge in [-0.1, -0.05) is 11.6 Å². The zero-order chi connectivity index (χ0) is 21.0. The van der Waals surface area contributed by atoms with Gasteiger partial charge in [-0.05, 0) is 45.1 Å². The standard InChI is InChI=1S/C22H35N7O/c1-2-23-21(24-13-9-19-7-4-3-5-8-19)25-14-10-20(30)28-15-17-29(18-16-28)22-26-11-6-12-27-22/h6-7,11-12H,2-5,8-10,13-18H2,1H3,(H2,23,24,25). The first-order valence-electron chi connectivity index (χ1n) is 11.3. The number of hydrogen-bond donors (Lipinski definition) is 2. The highest BCUT2D eigenvalue weighted by molar-refractivity contribution is 5.81. The van der Waals surface area contributed by atoms with Gasteiger partial charge in [0, 0.05) is 58.1 Å². The van der Waals surface area contributed by atoms with Crippen LogP contribution in [0.1, 0.15) is 45.4 Å². The minimum atomic E-state index is 0.163. The van der Waals surface area contributed by atoms with Crippen LogP contribution in [0.4, 0.5) is 5.95 Å².